The molecule has 1 fully saturated rings. The summed E-state index contributed by atoms with van der Waals surface area (Å²) in [5.74, 6) is 3.55. The molecule has 0 radical (unpaired) electrons. The van der Waals surface area contributed by atoms with Crippen LogP contribution in [0.5, 0.6) is 28.7 Å². The molecule has 11 heteroatoms. The first-order valence-corrected chi connectivity index (χ1v) is 22.2. The van der Waals surface area contributed by atoms with Crippen molar-refractivity contribution in [3.63, 3.8) is 0 Å². The van der Waals surface area contributed by atoms with Crippen LogP contribution in [0.15, 0.2) is 79.4 Å². The third-order valence-electron chi connectivity index (χ3n) is 13.3. The van der Waals surface area contributed by atoms with E-state index < -0.39 is 19.4 Å². The Balaban J connectivity index is 1.33. The molecule has 0 aromatic heterocycles. The van der Waals surface area contributed by atoms with E-state index in [-0.39, 0.29) is 37.8 Å². The maximum absolute atomic E-state index is 13.3. The van der Waals surface area contributed by atoms with E-state index in [2.05, 4.69) is 73.7 Å². The molecule has 0 aliphatic carbocycles. The Morgan fingerprint density at radius 3 is 2.22 bits per heavy atom. The summed E-state index contributed by atoms with van der Waals surface area (Å²) in [4.78, 5) is 18.1. The maximum atomic E-state index is 13.3. The monoisotopic (exact) mass is 801 g/mol. The van der Waals surface area contributed by atoms with Crippen LogP contribution in [0, 0.1) is 25.2 Å². The van der Waals surface area contributed by atoms with E-state index >= 15 is 0 Å². The number of likely N-dealkylation sites (N-methyl/N-ethyl adjacent to an activating group) is 1. The number of ether oxygens (including phenoxy) is 6. The fraction of sp³-hybridized carbons (Fsp3) is 0.426. The van der Waals surface area contributed by atoms with E-state index in [4.69, 9.17) is 28.4 Å². The summed E-state index contributed by atoms with van der Waals surface area (Å²) in [6.45, 7) is 13.0. The minimum Gasteiger partial charge on any atom is -0.493 e. The van der Waals surface area contributed by atoms with Crippen LogP contribution in [-0.2, 0) is 17.6 Å². The van der Waals surface area contributed by atoms with Crippen LogP contribution in [-0.4, -0.2) is 82.5 Å². The molecule has 8 rings (SSSR count). The summed E-state index contributed by atoms with van der Waals surface area (Å²) in [5, 5.41) is 12.7. The van der Waals surface area contributed by atoms with E-state index in [1.165, 1.54) is 0 Å². The predicted molar refractivity (Wildman–Crippen MR) is 226 cm³/mol. The van der Waals surface area contributed by atoms with Gasteiger partial charge in [0.2, 0.25) is 6.79 Å². The van der Waals surface area contributed by atoms with Gasteiger partial charge in [0.15, 0.2) is 29.8 Å². The van der Waals surface area contributed by atoms with E-state index in [1.54, 1.807) is 20.3 Å². The van der Waals surface area contributed by atoms with Crippen molar-refractivity contribution in [1.82, 2.24) is 9.80 Å². The lowest BCUT2D eigenvalue weighted by Gasteiger charge is -2.60. The van der Waals surface area contributed by atoms with Gasteiger partial charge in [-0.3, -0.25) is 9.80 Å². The Kier molecular flexibility index (Phi) is 10.8. The molecule has 4 aromatic rings. The van der Waals surface area contributed by atoms with E-state index in [0.717, 1.165) is 55.3 Å². The van der Waals surface area contributed by atoms with Gasteiger partial charge in [0.05, 0.1) is 19.2 Å². The third kappa shape index (κ3) is 6.20. The standard InChI is InChI=1S/C47H55N3O7Si/c1-9-22-54-43-30(3)44-46(57-28-56-44)40-34(43)25-37-41-39-31(23-29(2)42(53-8)45(39)55-27-52-7)24-36(49(41)6)38(26-48)50(37)35(40)20-21-47(4,5)58(51,32-16-12-10-13-17-32)33-18-14-11-15-19-33/h9-19,23,35-38,41,51H,1,20-22,24-25,27-28H2,2-8H3/t35-,36-,37?,38-,41-/m0/s1. The largest absolute Gasteiger partial charge is 0.493 e. The highest BCUT2D eigenvalue weighted by atomic mass is 28.4. The lowest BCUT2D eigenvalue weighted by Crippen LogP contribution is -2.68. The predicted octanol–water partition coefficient (Wildman–Crippen LogP) is 6.67. The second-order valence-corrected chi connectivity index (χ2v) is 20.7. The van der Waals surface area contributed by atoms with Crippen molar-refractivity contribution in [1.29, 1.82) is 5.26 Å². The molecule has 4 aliphatic heterocycles. The SMILES string of the molecule is C=CCOc1c(C)c2c(c3c1CC1[C@H]4c5c(cc(C)c(OC)c5OCOC)C[C@@H]([C@H](C#N)N1[C@H]3CCC(C)(C)[Si](O)(c1ccccc1)c1ccccc1)N4C)OCO2. The first kappa shape index (κ1) is 40.0. The molecule has 0 amide bonds. The molecule has 0 saturated carbocycles. The lowest BCUT2D eigenvalue weighted by molar-refractivity contribution is -0.0761. The second-order valence-electron chi connectivity index (χ2n) is 16.7. The van der Waals surface area contributed by atoms with Crippen molar-refractivity contribution in [2.24, 2.45) is 0 Å². The highest BCUT2D eigenvalue weighted by Gasteiger charge is 2.58. The number of rotatable bonds is 13. The molecule has 304 valence electrons. The highest BCUT2D eigenvalue weighted by molar-refractivity contribution is 6.98. The summed E-state index contributed by atoms with van der Waals surface area (Å²) in [7, 11) is 2.07. The molecule has 58 heavy (non-hydrogen) atoms. The summed E-state index contributed by atoms with van der Waals surface area (Å²) < 4.78 is 37.2. The fourth-order valence-electron chi connectivity index (χ4n) is 10.7. The van der Waals surface area contributed by atoms with Gasteiger partial charge >= 0.3 is 0 Å². The van der Waals surface area contributed by atoms with Crippen molar-refractivity contribution in [3.8, 4) is 34.8 Å². The van der Waals surface area contributed by atoms with Crippen molar-refractivity contribution in [2.45, 2.75) is 88.6 Å². The molecule has 1 saturated heterocycles. The molecule has 10 nitrogen and oxygen atoms in total. The van der Waals surface area contributed by atoms with Gasteiger partial charge in [-0.2, -0.15) is 5.26 Å². The average Bonchev–Trinajstić information content (AvgIpc) is 3.73. The quantitative estimate of drug-likeness (QED) is 0.0896. The fourth-order valence-corrected chi connectivity index (χ4v) is 14.4. The number of hydrogen-bond acceptors (Lipinski definition) is 10. The normalized spacial score (nSPS) is 22.3. The highest BCUT2D eigenvalue weighted by Crippen LogP contribution is 2.60. The average molecular weight is 802 g/mol. The molecule has 1 unspecified atom stereocenters. The van der Waals surface area contributed by atoms with Gasteiger partial charge in [-0.1, -0.05) is 93.2 Å². The molecule has 2 bridgehead atoms. The Hall–Kier alpha value is -4.83. The molecule has 0 spiro atoms. The van der Waals surface area contributed by atoms with Gasteiger partial charge < -0.3 is 33.2 Å². The Labute approximate surface area is 343 Å². The van der Waals surface area contributed by atoms with Crippen LogP contribution < -0.4 is 34.1 Å². The summed E-state index contributed by atoms with van der Waals surface area (Å²) in [5.41, 5.74) is 6.15. The molecular formula is C47H55N3O7Si. The summed E-state index contributed by atoms with van der Waals surface area (Å²) >= 11 is 0. The van der Waals surface area contributed by atoms with Gasteiger partial charge in [0, 0.05) is 47.5 Å². The first-order valence-electron chi connectivity index (χ1n) is 20.2. The molecular weight excluding hydrogens is 747 g/mol. The Morgan fingerprint density at radius 1 is 0.931 bits per heavy atom. The number of hydrogen-bond donors (Lipinski definition) is 1. The minimum absolute atomic E-state index is 0.0691. The number of benzene rings is 4. The van der Waals surface area contributed by atoms with Crippen molar-refractivity contribution >= 4 is 18.7 Å². The van der Waals surface area contributed by atoms with Crippen LogP contribution >= 0.6 is 0 Å². The van der Waals surface area contributed by atoms with Crippen LogP contribution in [0.2, 0.25) is 5.04 Å². The minimum atomic E-state index is -3.38. The third-order valence-corrected chi connectivity index (χ3v) is 17.9. The molecule has 5 atom stereocenters. The first-order chi connectivity index (χ1) is 28.0. The van der Waals surface area contributed by atoms with E-state index in [9.17, 15) is 10.1 Å². The topological polar surface area (TPSA) is 106 Å². The van der Waals surface area contributed by atoms with Gasteiger partial charge in [0.1, 0.15) is 18.4 Å². The lowest BCUT2D eigenvalue weighted by atomic mass is 9.71. The molecule has 4 aliphatic rings. The van der Waals surface area contributed by atoms with Crippen molar-refractivity contribution in [3.05, 3.63) is 113 Å². The maximum Gasteiger partial charge on any atom is 0.258 e. The number of nitriles is 1. The van der Waals surface area contributed by atoms with Crippen LogP contribution in [0.25, 0.3) is 0 Å². The van der Waals surface area contributed by atoms with Gasteiger partial charge in [-0.05, 0) is 73.1 Å². The van der Waals surface area contributed by atoms with Crippen LogP contribution in [0.1, 0.15) is 72.2 Å². The number of nitrogens with zero attached hydrogens (tertiary/aromatic N) is 3. The zero-order chi connectivity index (χ0) is 40.9. The smallest absolute Gasteiger partial charge is 0.258 e. The van der Waals surface area contributed by atoms with Crippen molar-refractivity contribution < 1.29 is 33.2 Å². The van der Waals surface area contributed by atoms with Gasteiger partial charge in [-0.15, -0.1) is 0 Å². The van der Waals surface area contributed by atoms with E-state index in [0.29, 0.717) is 49.5 Å². The number of piperazine rings is 1. The van der Waals surface area contributed by atoms with E-state index in [1.807, 2.05) is 50.2 Å². The molecule has 1 N–H and O–H groups in total. The summed E-state index contributed by atoms with van der Waals surface area (Å²) in [6, 6.07) is 24.2. The number of methoxy groups -OCH3 is 2. The van der Waals surface area contributed by atoms with Crippen LogP contribution in [0.3, 0.4) is 0 Å². The number of aryl methyl sites for hydroxylation is 1. The van der Waals surface area contributed by atoms with Crippen LogP contribution in [0.4, 0.5) is 0 Å². The molecule has 4 aromatic carbocycles. The Bertz CT molecular complexity index is 2190. The van der Waals surface area contributed by atoms with Gasteiger partial charge in [-0.25, -0.2) is 0 Å². The second kappa shape index (κ2) is 15.7. The van der Waals surface area contributed by atoms with Crippen molar-refractivity contribution in [2.75, 3.05) is 41.5 Å². The number of fused-ring (bicyclic) bond motifs is 9. The Morgan fingerprint density at radius 2 is 1.60 bits per heavy atom. The summed E-state index contributed by atoms with van der Waals surface area (Å²) in [6.07, 6.45) is 4.32. The zero-order valence-corrected chi connectivity index (χ0v) is 35.7. The molecule has 4 heterocycles. The van der Waals surface area contributed by atoms with Gasteiger partial charge in [0.25, 0.3) is 8.32 Å². The zero-order valence-electron chi connectivity index (χ0n) is 34.7.